The average molecular weight is 400 g/mol. The molecule has 0 saturated carbocycles. The van der Waals surface area contributed by atoms with E-state index in [1.54, 1.807) is 0 Å². The maximum atomic E-state index is 13.1. The number of halogens is 2. The van der Waals surface area contributed by atoms with Crippen LogP contribution in [0.1, 0.15) is 0 Å². The van der Waals surface area contributed by atoms with Crippen molar-refractivity contribution in [3.8, 4) is 11.5 Å². The smallest absolute Gasteiger partial charge is 0.262 e. The van der Waals surface area contributed by atoms with Crippen LogP contribution >= 0.6 is 0 Å². The highest BCUT2D eigenvalue weighted by molar-refractivity contribution is 7.89. The number of hydrogen-bond donors (Lipinski definition) is 1. The van der Waals surface area contributed by atoms with Crippen LogP contribution in [0.25, 0.3) is 0 Å². The second-order valence-corrected chi connectivity index (χ2v) is 7.71. The van der Waals surface area contributed by atoms with Gasteiger partial charge in [-0.05, 0) is 30.3 Å². The lowest BCUT2D eigenvalue weighted by molar-refractivity contribution is -0.118. The number of methoxy groups -OCH3 is 1. The average Bonchev–Trinajstić information content (AvgIpc) is 2.62. The summed E-state index contributed by atoms with van der Waals surface area (Å²) in [5, 5.41) is 2.47. The highest BCUT2D eigenvalue weighted by Crippen LogP contribution is 2.28. The van der Waals surface area contributed by atoms with Gasteiger partial charge in [0.2, 0.25) is 10.0 Å². The molecule has 27 heavy (non-hydrogen) atoms. The fourth-order valence-corrected chi connectivity index (χ4v) is 2.99. The van der Waals surface area contributed by atoms with Crippen molar-refractivity contribution >= 4 is 21.6 Å². The minimum atomic E-state index is -3.71. The predicted octanol–water partition coefficient (Wildman–Crippen LogP) is 2.24. The molecule has 0 heterocycles. The lowest BCUT2D eigenvalue weighted by Gasteiger charge is -2.15. The normalized spacial score (nSPS) is 11.3. The Morgan fingerprint density at radius 3 is 2.41 bits per heavy atom. The first-order valence-electron chi connectivity index (χ1n) is 7.63. The molecule has 7 nitrogen and oxygen atoms in total. The van der Waals surface area contributed by atoms with Crippen LogP contribution < -0.4 is 14.8 Å². The molecular weight excluding hydrogens is 382 g/mol. The highest BCUT2D eigenvalue weighted by Gasteiger charge is 2.20. The van der Waals surface area contributed by atoms with E-state index in [2.05, 4.69) is 5.32 Å². The molecule has 0 bridgehead atoms. The van der Waals surface area contributed by atoms with Gasteiger partial charge in [0.05, 0.1) is 17.7 Å². The zero-order valence-corrected chi connectivity index (χ0v) is 15.6. The Labute approximate surface area is 155 Å². The van der Waals surface area contributed by atoms with Crippen molar-refractivity contribution in [1.29, 1.82) is 0 Å². The van der Waals surface area contributed by atoms with Crippen molar-refractivity contribution in [2.75, 3.05) is 33.1 Å². The Kier molecular flexibility index (Phi) is 6.34. The van der Waals surface area contributed by atoms with E-state index in [0.29, 0.717) is 0 Å². The number of nitrogens with one attached hydrogen (secondary N) is 1. The Balaban J connectivity index is 2.15. The van der Waals surface area contributed by atoms with Gasteiger partial charge in [-0.15, -0.1) is 0 Å². The maximum Gasteiger partial charge on any atom is 0.262 e. The van der Waals surface area contributed by atoms with Crippen LogP contribution in [0.5, 0.6) is 11.5 Å². The van der Waals surface area contributed by atoms with E-state index in [4.69, 9.17) is 9.47 Å². The summed E-state index contributed by atoms with van der Waals surface area (Å²) in [5.41, 5.74) is 0.124. The van der Waals surface area contributed by atoms with E-state index in [1.165, 1.54) is 45.5 Å². The van der Waals surface area contributed by atoms with Gasteiger partial charge in [0, 0.05) is 20.2 Å². The largest absolute Gasteiger partial charge is 0.495 e. The molecule has 0 unspecified atom stereocenters. The SMILES string of the molecule is COc1ccc(S(=O)(=O)N(C)C)cc1NC(=O)COc1ccc(F)c(F)c1. The molecule has 0 spiro atoms. The molecule has 0 radical (unpaired) electrons. The molecule has 2 aromatic carbocycles. The zero-order chi connectivity index (χ0) is 20.2. The first-order valence-corrected chi connectivity index (χ1v) is 9.07. The van der Waals surface area contributed by atoms with E-state index in [1.807, 2.05) is 0 Å². The summed E-state index contributed by atoms with van der Waals surface area (Å²) in [5.74, 6) is -2.56. The van der Waals surface area contributed by atoms with Gasteiger partial charge in [-0.3, -0.25) is 4.79 Å². The lowest BCUT2D eigenvalue weighted by atomic mass is 10.3. The molecule has 0 atom stereocenters. The summed E-state index contributed by atoms with van der Waals surface area (Å²) < 4.78 is 61.7. The van der Waals surface area contributed by atoms with Crippen molar-refractivity contribution < 1.29 is 31.5 Å². The highest BCUT2D eigenvalue weighted by atomic mass is 32.2. The van der Waals surface area contributed by atoms with Gasteiger partial charge < -0.3 is 14.8 Å². The fraction of sp³-hybridized carbons (Fsp3) is 0.235. The Hall–Kier alpha value is -2.72. The van der Waals surface area contributed by atoms with Gasteiger partial charge in [0.15, 0.2) is 18.2 Å². The lowest BCUT2D eigenvalue weighted by Crippen LogP contribution is -2.23. The molecule has 0 saturated heterocycles. The summed E-state index contributed by atoms with van der Waals surface area (Å²) >= 11 is 0. The van der Waals surface area contributed by atoms with Gasteiger partial charge >= 0.3 is 0 Å². The number of nitrogens with zero attached hydrogens (tertiary/aromatic N) is 1. The molecular formula is C17H18F2N2O5S. The van der Waals surface area contributed by atoms with Crippen molar-refractivity contribution in [3.63, 3.8) is 0 Å². The van der Waals surface area contributed by atoms with Crippen molar-refractivity contribution in [1.82, 2.24) is 4.31 Å². The van der Waals surface area contributed by atoms with Crippen LogP contribution in [-0.2, 0) is 14.8 Å². The van der Waals surface area contributed by atoms with Crippen LogP contribution in [-0.4, -0.2) is 46.4 Å². The van der Waals surface area contributed by atoms with Gasteiger partial charge in [0.25, 0.3) is 5.91 Å². The van der Waals surface area contributed by atoms with E-state index < -0.39 is 34.2 Å². The molecule has 1 amide bonds. The molecule has 2 rings (SSSR count). The Morgan fingerprint density at radius 2 is 1.81 bits per heavy atom. The number of amides is 1. The predicted molar refractivity (Wildman–Crippen MR) is 94.3 cm³/mol. The molecule has 10 heteroatoms. The number of sulfonamides is 1. The molecule has 2 aromatic rings. The van der Waals surface area contributed by atoms with Crippen LogP contribution in [0.3, 0.4) is 0 Å². The summed E-state index contributed by atoms with van der Waals surface area (Å²) in [6, 6.07) is 6.87. The van der Waals surface area contributed by atoms with E-state index in [0.717, 1.165) is 16.4 Å². The number of carbonyl (C=O) groups is 1. The van der Waals surface area contributed by atoms with Crippen LogP contribution in [0.15, 0.2) is 41.3 Å². The third-order valence-corrected chi connectivity index (χ3v) is 5.30. The fourth-order valence-electron chi connectivity index (χ4n) is 2.06. The van der Waals surface area contributed by atoms with Crippen molar-refractivity contribution in [2.45, 2.75) is 4.90 Å². The minimum Gasteiger partial charge on any atom is -0.495 e. The standard InChI is InChI=1S/C17H18F2N2O5S/c1-21(2)27(23,24)12-5-7-16(25-3)15(9-12)20-17(22)10-26-11-4-6-13(18)14(19)8-11/h4-9H,10H2,1-3H3,(H,20,22). The number of carbonyl (C=O) groups excluding carboxylic acids is 1. The maximum absolute atomic E-state index is 13.1. The molecule has 146 valence electrons. The molecule has 0 aliphatic carbocycles. The monoisotopic (exact) mass is 400 g/mol. The minimum absolute atomic E-state index is 0.0278. The number of rotatable bonds is 7. The van der Waals surface area contributed by atoms with Crippen LogP contribution in [0, 0.1) is 11.6 Å². The Morgan fingerprint density at radius 1 is 1.11 bits per heavy atom. The van der Waals surface area contributed by atoms with Crippen LogP contribution in [0.4, 0.5) is 14.5 Å². The topological polar surface area (TPSA) is 84.9 Å². The number of hydrogen-bond acceptors (Lipinski definition) is 5. The zero-order valence-electron chi connectivity index (χ0n) is 14.8. The Bertz CT molecular complexity index is 948. The summed E-state index contributed by atoms with van der Waals surface area (Å²) in [7, 11) is 0.423. The summed E-state index contributed by atoms with van der Waals surface area (Å²) in [6.45, 7) is -0.501. The van der Waals surface area contributed by atoms with Gasteiger partial charge in [-0.1, -0.05) is 0 Å². The van der Waals surface area contributed by atoms with E-state index >= 15 is 0 Å². The molecule has 0 fully saturated rings. The quantitative estimate of drug-likeness (QED) is 0.771. The summed E-state index contributed by atoms with van der Waals surface area (Å²) in [6.07, 6.45) is 0. The number of benzene rings is 2. The van der Waals surface area contributed by atoms with Crippen molar-refractivity contribution in [3.05, 3.63) is 48.0 Å². The third kappa shape index (κ3) is 4.92. The molecule has 0 aliphatic heterocycles. The second kappa shape index (κ2) is 8.31. The van der Waals surface area contributed by atoms with Crippen molar-refractivity contribution in [2.24, 2.45) is 0 Å². The third-order valence-electron chi connectivity index (χ3n) is 3.48. The molecule has 0 aliphatic rings. The number of anilines is 1. The number of ether oxygens (including phenoxy) is 2. The van der Waals surface area contributed by atoms with Gasteiger partial charge in [-0.2, -0.15) is 0 Å². The molecule has 1 N–H and O–H groups in total. The second-order valence-electron chi connectivity index (χ2n) is 5.56. The first-order chi connectivity index (χ1) is 12.6. The van der Waals surface area contributed by atoms with E-state index in [-0.39, 0.29) is 22.1 Å². The van der Waals surface area contributed by atoms with Gasteiger partial charge in [0.1, 0.15) is 11.5 Å². The van der Waals surface area contributed by atoms with Crippen LogP contribution in [0.2, 0.25) is 0 Å². The van der Waals surface area contributed by atoms with E-state index in [9.17, 15) is 22.0 Å². The summed E-state index contributed by atoms with van der Waals surface area (Å²) in [4.78, 5) is 12.0. The van der Waals surface area contributed by atoms with Gasteiger partial charge in [-0.25, -0.2) is 21.5 Å². The first kappa shape index (κ1) is 20.6. The molecule has 0 aromatic heterocycles.